The van der Waals surface area contributed by atoms with Gasteiger partial charge in [-0.3, -0.25) is 14.8 Å². The van der Waals surface area contributed by atoms with E-state index in [1.165, 1.54) is 0 Å². The van der Waals surface area contributed by atoms with Crippen LogP contribution < -0.4 is 0 Å². The first-order valence-electron chi connectivity index (χ1n) is 5.85. The van der Waals surface area contributed by atoms with Crippen molar-refractivity contribution in [3.05, 3.63) is 36.2 Å². The average Bonchev–Trinajstić information content (AvgIpc) is 2.26. The summed E-state index contributed by atoms with van der Waals surface area (Å²) in [5.41, 5.74) is 1.97. The number of carbonyl (C=O) groups is 1. The molecule has 0 saturated heterocycles. The van der Waals surface area contributed by atoms with Crippen LogP contribution in [0.4, 0.5) is 0 Å². The molecular weight excluding hydrogens is 228 g/mol. The molecule has 0 aliphatic heterocycles. The molecule has 0 unspecified atom stereocenters. The minimum atomic E-state index is -0.459. The standard InChI is InChI=1S/C14H16N2O2/c1-14(2,3)18-13(17)8-10-7-12-11(16-9-10)5-4-6-15-12/h4-7,9H,8H2,1-3H3. The van der Waals surface area contributed by atoms with Crippen LogP contribution in [0.3, 0.4) is 0 Å². The van der Waals surface area contributed by atoms with Crippen molar-refractivity contribution < 1.29 is 9.53 Å². The molecule has 2 rings (SSSR count). The Bertz CT molecular complexity index is 573. The van der Waals surface area contributed by atoms with Gasteiger partial charge in [-0.1, -0.05) is 0 Å². The maximum Gasteiger partial charge on any atom is 0.310 e. The number of rotatable bonds is 2. The average molecular weight is 244 g/mol. The Labute approximate surface area is 106 Å². The van der Waals surface area contributed by atoms with Gasteiger partial charge in [-0.25, -0.2) is 0 Å². The van der Waals surface area contributed by atoms with E-state index in [-0.39, 0.29) is 12.4 Å². The fourth-order valence-electron chi connectivity index (χ4n) is 1.64. The Morgan fingerprint density at radius 1 is 1.28 bits per heavy atom. The number of nitrogens with zero attached hydrogens (tertiary/aromatic N) is 2. The molecule has 0 radical (unpaired) electrons. The molecule has 0 spiro atoms. The lowest BCUT2D eigenvalue weighted by atomic mass is 10.1. The summed E-state index contributed by atoms with van der Waals surface area (Å²) in [6.07, 6.45) is 3.62. The van der Waals surface area contributed by atoms with E-state index >= 15 is 0 Å². The van der Waals surface area contributed by atoms with Crippen LogP contribution >= 0.6 is 0 Å². The number of aromatic nitrogens is 2. The monoisotopic (exact) mass is 244 g/mol. The molecule has 0 aromatic carbocycles. The van der Waals surface area contributed by atoms with Gasteiger partial charge in [-0.05, 0) is 44.5 Å². The molecule has 4 nitrogen and oxygen atoms in total. The zero-order chi connectivity index (χ0) is 13.2. The van der Waals surface area contributed by atoms with Gasteiger partial charge in [-0.15, -0.1) is 0 Å². The van der Waals surface area contributed by atoms with Crippen molar-refractivity contribution in [2.75, 3.05) is 0 Å². The van der Waals surface area contributed by atoms with Crippen molar-refractivity contribution >= 4 is 17.0 Å². The van der Waals surface area contributed by atoms with Crippen molar-refractivity contribution in [3.63, 3.8) is 0 Å². The van der Waals surface area contributed by atoms with Crippen LogP contribution in [0.15, 0.2) is 30.6 Å². The van der Waals surface area contributed by atoms with Crippen molar-refractivity contribution in [1.29, 1.82) is 0 Å². The molecule has 0 aliphatic carbocycles. The van der Waals surface area contributed by atoms with Gasteiger partial charge >= 0.3 is 5.97 Å². The van der Waals surface area contributed by atoms with E-state index in [1.807, 2.05) is 39.0 Å². The summed E-state index contributed by atoms with van der Waals surface area (Å²) in [7, 11) is 0. The number of pyridine rings is 2. The fourth-order valence-corrected chi connectivity index (χ4v) is 1.64. The molecular formula is C14H16N2O2. The highest BCUT2D eigenvalue weighted by Crippen LogP contribution is 2.13. The van der Waals surface area contributed by atoms with Crippen molar-refractivity contribution in [2.24, 2.45) is 0 Å². The molecule has 0 N–H and O–H groups in total. The Kier molecular flexibility index (Phi) is 3.28. The summed E-state index contributed by atoms with van der Waals surface area (Å²) in [5, 5.41) is 0. The second kappa shape index (κ2) is 4.72. The predicted molar refractivity (Wildman–Crippen MR) is 69.1 cm³/mol. The summed E-state index contributed by atoms with van der Waals surface area (Å²) in [6, 6.07) is 5.59. The Balaban J connectivity index is 2.15. The lowest BCUT2D eigenvalue weighted by Gasteiger charge is -2.19. The molecule has 0 bridgehead atoms. The van der Waals surface area contributed by atoms with Gasteiger partial charge in [0, 0.05) is 12.4 Å². The van der Waals surface area contributed by atoms with Crippen LogP contribution in [0.2, 0.25) is 0 Å². The molecule has 0 aliphatic rings. The number of fused-ring (bicyclic) bond motifs is 1. The van der Waals surface area contributed by atoms with E-state index in [9.17, 15) is 4.79 Å². The highest BCUT2D eigenvalue weighted by Gasteiger charge is 2.16. The molecule has 0 atom stereocenters. The maximum atomic E-state index is 11.7. The van der Waals surface area contributed by atoms with Gasteiger partial charge in [0.15, 0.2) is 0 Å². The van der Waals surface area contributed by atoms with Crippen molar-refractivity contribution in [2.45, 2.75) is 32.8 Å². The van der Waals surface area contributed by atoms with Crippen molar-refractivity contribution in [1.82, 2.24) is 9.97 Å². The third-order valence-electron chi connectivity index (χ3n) is 2.28. The third-order valence-corrected chi connectivity index (χ3v) is 2.28. The minimum Gasteiger partial charge on any atom is -0.460 e. The number of hydrogen-bond acceptors (Lipinski definition) is 4. The normalized spacial score (nSPS) is 11.5. The van der Waals surface area contributed by atoms with Crippen LogP contribution in [0.5, 0.6) is 0 Å². The van der Waals surface area contributed by atoms with Gasteiger partial charge in [0.2, 0.25) is 0 Å². The Hall–Kier alpha value is -1.97. The predicted octanol–water partition coefficient (Wildman–Crippen LogP) is 2.51. The summed E-state index contributed by atoms with van der Waals surface area (Å²) in [6.45, 7) is 5.56. The molecule has 2 aromatic rings. The van der Waals surface area contributed by atoms with Crippen LogP contribution in [0.25, 0.3) is 11.0 Å². The van der Waals surface area contributed by atoms with Gasteiger partial charge in [-0.2, -0.15) is 0 Å². The summed E-state index contributed by atoms with van der Waals surface area (Å²) in [4.78, 5) is 20.2. The Morgan fingerprint density at radius 2 is 2.06 bits per heavy atom. The number of esters is 1. The van der Waals surface area contributed by atoms with E-state index in [1.54, 1.807) is 12.4 Å². The first kappa shape index (κ1) is 12.5. The summed E-state index contributed by atoms with van der Waals surface area (Å²) < 4.78 is 5.27. The molecule has 2 aromatic heterocycles. The van der Waals surface area contributed by atoms with Gasteiger partial charge in [0.1, 0.15) is 5.60 Å². The molecule has 0 fully saturated rings. The molecule has 2 heterocycles. The first-order chi connectivity index (χ1) is 8.44. The van der Waals surface area contributed by atoms with E-state index < -0.39 is 5.60 Å². The summed E-state index contributed by atoms with van der Waals surface area (Å²) in [5.74, 6) is -0.250. The lowest BCUT2D eigenvalue weighted by molar-refractivity contribution is -0.153. The van der Waals surface area contributed by atoms with E-state index in [2.05, 4.69) is 9.97 Å². The van der Waals surface area contributed by atoms with E-state index in [0.29, 0.717) is 0 Å². The maximum absolute atomic E-state index is 11.7. The molecule has 0 saturated carbocycles. The SMILES string of the molecule is CC(C)(C)OC(=O)Cc1cnc2cccnc2c1. The van der Waals surface area contributed by atoms with Gasteiger partial charge < -0.3 is 4.74 Å². The molecule has 94 valence electrons. The second-order valence-corrected chi connectivity index (χ2v) is 5.15. The van der Waals surface area contributed by atoms with Gasteiger partial charge in [0.05, 0.1) is 17.5 Å². The highest BCUT2D eigenvalue weighted by molar-refractivity contribution is 5.77. The third kappa shape index (κ3) is 3.26. The zero-order valence-electron chi connectivity index (χ0n) is 10.8. The summed E-state index contributed by atoms with van der Waals surface area (Å²) >= 11 is 0. The lowest BCUT2D eigenvalue weighted by Crippen LogP contribution is -2.24. The quantitative estimate of drug-likeness (QED) is 0.762. The van der Waals surface area contributed by atoms with Crippen LogP contribution in [-0.2, 0) is 16.0 Å². The Morgan fingerprint density at radius 3 is 2.78 bits per heavy atom. The van der Waals surface area contributed by atoms with Crippen LogP contribution in [0.1, 0.15) is 26.3 Å². The highest BCUT2D eigenvalue weighted by atomic mass is 16.6. The molecule has 0 amide bonds. The molecule has 18 heavy (non-hydrogen) atoms. The van der Waals surface area contributed by atoms with Crippen LogP contribution in [-0.4, -0.2) is 21.5 Å². The number of ether oxygens (including phenoxy) is 1. The second-order valence-electron chi connectivity index (χ2n) is 5.15. The topological polar surface area (TPSA) is 52.1 Å². The minimum absolute atomic E-state index is 0.219. The smallest absolute Gasteiger partial charge is 0.310 e. The zero-order valence-corrected chi connectivity index (χ0v) is 10.8. The van der Waals surface area contributed by atoms with Crippen LogP contribution in [0, 0.1) is 0 Å². The van der Waals surface area contributed by atoms with E-state index in [0.717, 1.165) is 16.6 Å². The number of hydrogen-bond donors (Lipinski definition) is 0. The van der Waals surface area contributed by atoms with Gasteiger partial charge in [0.25, 0.3) is 0 Å². The molecule has 4 heteroatoms. The van der Waals surface area contributed by atoms with Crippen molar-refractivity contribution in [3.8, 4) is 0 Å². The fraction of sp³-hybridized carbons (Fsp3) is 0.357. The largest absolute Gasteiger partial charge is 0.460 e. The van der Waals surface area contributed by atoms with E-state index in [4.69, 9.17) is 4.74 Å². The number of carbonyl (C=O) groups excluding carboxylic acids is 1. The first-order valence-corrected chi connectivity index (χ1v) is 5.85.